The average Bonchev–Trinajstić information content (AvgIpc) is 2.90. The predicted molar refractivity (Wildman–Crippen MR) is 156 cm³/mol. The number of nitrogens with one attached hydrogen (secondary N) is 2. The summed E-state index contributed by atoms with van der Waals surface area (Å²) in [6, 6.07) is 11.4. The Hall–Kier alpha value is -3.45. The highest BCUT2D eigenvalue weighted by Gasteiger charge is 2.21. The number of pyridine rings is 2. The Labute approximate surface area is 242 Å². The van der Waals surface area contributed by atoms with E-state index in [0.29, 0.717) is 22.5 Å². The van der Waals surface area contributed by atoms with E-state index >= 15 is 0 Å². The fourth-order valence-corrected chi connectivity index (χ4v) is 5.19. The van der Waals surface area contributed by atoms with E-state index in [-0.39, 0.29) is 33.2 Å². The smallest absolute Gasteiger partial charge is 0.249 e. The number of anilines is 3. The Bertz CT molecular complexity index is 1600. The number of rotatable bonds is 9. The van der Waals surface area contributed by atoms with E-state index in [2.05, 4.69) is 41.8 Å². The molecule has 6 N–H and O–H groups in total. The predicted octanol–water partition coefficient (Wildman–Crippen LogP) is 6.49. The summed E-state index contributed by atoms with van der Waals surface area (Å²) >= 11 is 8.65. The second-order valence-electron chi connectivity index (χ2n) is 8.11. The van der Waals surface area contributed by atoms with Crippen LogP contribution in [0.25, 0.3) is 10.9 Å². The zero-order valence-electron chi connectivity index (χ0n) is 19.8. The maximum absolute atomic E-state index is 14.9. The molecule has 0 radical (unpaired) electrons. The van der Waals surface area contributed by atoms with Crippen LogP contribution in [0.3, 0.4) is 0 Å². The zero-order chi connectivity index (χ0) is 28.1. The molecule has 4 rings (SSSR count). The first-order valence-corrected chi connectivity index (χ1v) is 15.0. The molecule has 2 aromatic heterocycles. The van der Waals surface area contributed by atoms with Gasteiger partial charge in [0.15, 0.2) is 5.82 Å². The number of nitriles is 1. The molecule has 200 valence electrons. The van der Waals surface area contributed by atoms with Gasteiger partial charge in [-0.25, -0.2) is 19.6 Å². The molecule has 0 bridgehead atoms. The average molecular weight is 683 g/mol. The van der Waals surface area contributed by atoms with Crippen LogP contribution >= 0.6 is 41.7 Å². The van der Waals surface area contributed by atoms with Gasteiger partial charge < -0.3 is 21.4 Å². The summed E-state index contributed by atoms with van der Waals surface area (Å²) in [5, 5.41) is 17.8. The van der Waals surface area contributed by atoms with Crippen LogP contribution in [0, 0.1) is 28.9 Å². The standard InChI is InChI=1S/C25H19ClF3IN8S/c26-18-6-14(36-24(16-3-1-2-4-19(16)27)21(32)11-38(33)12-39-30)5-17-22(13(8-31)9-34-23(17)18)37-15-7-20(28)25(29)35-10-15/h1-7,9-11,24,36H,12,32-33H2,(H,34,37)/b21-11-. The molecule has 0 saturated heterocycles. The minimum absolute atomic E-state index is 0.0972. The lowest BCUT2D eigenvalue weighted by atomic mass is 10.0. The Morgan fingerprint density at radius 1 is 1.15 bits per heavy atom. The second kappa shape index (κ2) is 12.6. The molecule has 8 nitrogen and oxygen atoms in total. The zero-order valence-corrected chi connectivity index (χ0v) is 23.5. The number of aromatic nitrogens is 2. The molecule has 0 fully saturated rings. The Morgan fingerprint density at radius 3 is 2.62 bits per heavy atom. The number of fused-ring (bicyclic) bond motifs is 1. The van der Waals surface area contributed by atoms with Crippen molar-refractivity contribution < 1.29 is 13.2 Å². The molecule has 1 atom stereocenters. The normalized spacial score (nSPS) is 12.2. The molecule has 0 spiro atoms. The third-order valence-corrected chi connectivity index (χ3v) is 7.00. The van der Waals surface area contributed by atoms with Gasteiger partial charge in [0, 0.05) is 35.1 Å². The summed E-state index contributed by atoms with van der Waals surface area (Å²) in [6.45, 7) is 0. The van der Waals surface area contributed by atoms with Crippen LogP contribution in [0.5, 0.6) is 0 Å². The Morgan fingerprint density at radius 2 is 1.92 bits per heavy atom. The molecule has 39 heavy (non-hydrogen) atoms. The first kappa shape index (κ1) is 28.6. The van der Waals surface area contributed by atoms with Crippen LogP contribution in [0.1, 0.15) is 17.2 Å². The van der Waals surface area contributed by atoms with Crippen molar-refractivity contribution in [1.29, 1.82) is 5.26 Å². The lowest BCUT2D eigenvalue weighted by Gasteiger charge is -2.24. The summed E-state index contributed by atoms with van der Waals surface area (Å²) in [7, 11) is 1.45. The van der Waals surface area contributed by atoms with Crippen LogP contribution in [0.15, 0.2) is 66.8 Å². The SMILES string of the molecule is N#Cc1cnc2c(Cl)cc(NC(/C(N)=C/N(N)CSI)c3ccccc3F)cc2c1Nc1cnc(F)c(F)c1. The number of hydrogen-bond donors (Lipinski definition) is 4. The van der Waals surface area contributed by atoms with E-state index in [1.54, 1.807) is 30.3 Å². The van der Waals surface area contributed by atoms with Crippen LogP contribution < -0.4 is 22.2 Å². The number of hydrazine groups is 1. The van der Waals surface area contributed by atoms with Crippen LogP contribution in [-0.4, -0.2) is 20.9 Å². The highest BCUT2D eigenvalue weighted by Crippen LogP contribution is 2.37. The quantitative estimate of drug-likeness (QED) is 0.0515. The van der Waals surface area contributed by atoms with Gasteiger partial charge >= 0.3 is 0 Å². The number of halogens is 5. The van der Waals surface area contributed by atoms with Crippen LogP contribution in [-0.2, 0) is 0 Å². The van der Waals surface area contributed by atoms with Gasteiger partial charge in [0.05, 0.1) is 51.3 Å². The van der Waals surface area contributed by atoms with E-state index < -0.39 is 23.6 Å². The lowest BCUT2D eigenvalue weighted by molar-refractivity contribution is 0.458. The number of nitrogens with zero attached hydrogens (tertiary/aromatic N) is 4. The molecule has 0 aliphatic carbocycles. The van der Waals surface area contributed by atoms with Gasteiger partial charge in [0.25, 0.3) is 0 Å². The molecule has 0 aliphatic heterocycles. The Balaban J connectivity index is 1.83. The first-order valence-electron chi connectivity index (χ1n) is 11.0. The highest BCUT2D eigenvalue weighted by atomic mass is 127. The second-order valence-corrected chi connectivity index (χ2v) is 10.9. The van der Waals surface area contributed by atoms with Crippen molar-refractivity contribution in [1.82, 2.24) is 15.0 Å². The molecule has 1 unspecified atom stereocenters. The van der Waals surface area contributed by atoms with Gasteiger partial charge in [0.2, 0.25) is 5.95 Å². The number of nitrogens with two attached hydrogens (primary N) is 2. The molecular weight excluding hydrogens is 664 g/mol. The third-order valence-electron chi connectivity index (χ3n) is 5.48. The van der Waals surface area contributed by atoms with E-state index in [0.717, 1.165) is 12.3 Å². The van der Waals surface area contributed by atoms with Crippen LogP contribution in [0.4, 0.5) is 30.2 Å². The lowest BCUT2D eigenvalue weighted by Crippen LogP contribution is -2.28. The summed E-state index contributed by atoms with van der Waals surface area (Å²) in [5.74, 6) is 3.50. The number of hydrogen-bond acceptors (Lipinski definition) is 9. The summed E-state index contributed by atoms with van der Waals surface area (Å²) in [6.07, 6.45) is 3.89. The van der Waals surface area contributed by atoms with Gasteiger partial charge in [-0.2, -0.15) is 9.65 Å². The summed E-state index contributed by atoms with van der Waals surface area (Å²) in [4.78, 5) is 7.65. The summed E-state index contributed by atoms with van der Waals surface area (Å²) < 4.78 is 42.0. The maximum Gasteiger partial charge on any atom is 0.249 e. The molecule has 0 saturated carbocycles. The summed E-state index contributed by atoms with van der Waals surface area (Å²) in [5.41, 5.74) is 8.04. The van der Waals surface area contributed by atoms with Crippen molar-refractivity contribution in [3.05, 3.63) is 100 Å². The van der Waals surface area contributed by atoms with E-state index in [1.165, 1.54) is 32.4 Å². The van der Waals surface area contributed by atoms with Gasteiger partial charge in [-0.3, -0.25) is 4.98 Å². The fraction of sp³-hybridized carbons (Fsp3) is 0.0800. The fourth-order valence-electron chi connectivity index (χ4n) is 3.77. The monoisotopic (exact) mass is 682 g/mol. The van der Waals surface area contributed by atoms with Gasteiger partial charge in [-0.1, -0.05) is 38.7 Å². The molecule has 0 aliphatic rings. The van der Waals surface area contributed by atoms with Crippen molar-refractivity contribution in [2.24, 2.45) is 11.6 Å². The van der Waals surface area contributed by atoms with Crippen LogP contribution in [0.2, 0.25) is 5.02 Å². The highest BCUT2D eigenvalue weighted by molar-refractivity contribution is 14.2. The van der Waals surface area contributed by atoms with Crippen molar-refractivity contribution in [2.45, 2.75) is 6.04 Å². The first-order chi connectivity index (χ1) is 18.7. The van der Waals surface area contributed by atoms with Gasteiger partial charge in [-0.15, -0.1) is 0 Å². The molecule has 2 aromatic carbocycles. The number of benzene rings is 2. The van der Waals surface area contributed by atoms with Crippen molar-refractivity contribution >= 4 is 69.7 Å². The minimum Gasteiger partial charge on any atom is -0.399 e. The maximum atomic E-state index is 14.9. The molecular formula is C25H19ClF3IN8S. The Kier molecular flexibility index (Phi) is 9.23. The minimum atomic E-state index is -1.26. The third kappa shape index (κ3) is 6.59. The molecule has 2 heterocycles. The molecule has 4 aromatic rings. The van der Waals surface area contributed by atoms with Crippen molar-refractivity contribution in [3.63, 3.8) is 0 Å². The largest absolute Gasteiger partial charge is 0.399 e. The molecule has 0 amide bonds. The van der Waals surface area contributed by atoms with Gasteiger partial charge in [0.1, 0.15) is 11.9 Å². The van der Waals surface area contributed by atoms with E-state index in [1.807, 2.05) is 6.07 Å². The molecule has 14 heteroatoms. The topological polar surface area (TPSA) is 129 Å². The van der Waals surface area contributed by atoms with Gasteiger partial charge in [-0.05, 0) is 39.4 Å². The van der Waals surface area contributed by atoms with Crippen molar-refractivity contribution in [3.8, 4) is 6.07 Å². The van der Waals surface area contributed by atoms with E-state index in [9.17, 15) is 18.4 Å². The van der Waals surface area contributed by atoms with E-state index in [4.69, 9.17) is 23.2 Å². The van der Waals surface area contributed by atoms with Crippen molar-refractivity contribution in [2.75, 3.05) is 16.5 Å².